The number of nitrogens with one attached hydrogen (secondary N) is 4. The fourth-order valence-electron chi connectivity index (χ4n) is 9.60. The van der Waals surface area contributed by atoms with Crippen molar-refractivity contribution >= 4 is 128 Å². The molecule has 0 amide bonds. The number of carbonyl (C=O) groups excluding carboxylic acids is 1. The predicted molar refractivity (Wildman–Crippen MR) is 327 cm³/mol. The molecule has 0 spiro atoms. The van der Waals surface area contributed by atoms with E-state index < -0.39 is 23.9 Å². The highest BCUT2D eigenvalue weighted by Crippen LogP contribution is 2.33. The molecule has 0 fully saturated rings. The molecule has 0 saturated carbocycles. The smallest absolute Gasteiger partial charge is 0.337 e. The van der Waals surface area contributed by atoms with Gasteiger partial charge in [-0.1, -0.05) is 91.0 Å². The number of rotatable bonds is 10. The number of aromatic carboxylic acids is 3. The Hall–Kier alpha value is -11.4. The standard InChI is InChI=1S/C20H14N2O2.C18H19N3O2.C14H10N2O3.C13H8N2O3/c23-20(24)13-10-11-16-15-8-4-5-9-17(15)19(22-18(16)12-13)21-14-6-2-1-3-7-14;1-21(2)10-9-19-17-15-6-4-3-5-13(15)14-8-7-12(18(22)23)11-16(14)20-17;1-19-14(18)8-2-3-9-11-7-15-5-4-10(11)13(17)16-12(9)6-8;16-12-9-3-4-14-6-10(9)8-2-1-7(13(17)18)5-11(8)15-12/h1-12H,(H,21,22)(H,23,24);3-8,11H,9-10H2,1-2H3,(H,19,20)(H,22,23);2-7H,1H3,(H,16,17);1-6H,(H,15,16)(H,17,18). The number of benzene rings is 7. The van der Waals surface area contributed by atoms with Crippen LogP contribution in [-0.4, -0.2) is 108 Å². The van der Waals surface area contributed by atoms with Crippen molar-refractivity contribution in [2.24, 2.45) is 0 Å². The van der Waals surface area contributed by atoms with E-state index in [0.717, 1.165) is 73.1 Å². The van der Waals surface area contributed by atoms with Gasteiger partial charge < -0.3 is 45.6 Å². The number of ether oxygens (including phenoxy) is 1. The van der Waals surface area contributed by atoms with Gasteiger partial charge in [0.15, 0.2) is 0 Å². The van der Waals surface area contributed by atoms with Gasteiger partial charge in [-0.25, -0.2) is 29.1 Å². The number of H-pyrrole nitrogens is 2. The van der Waals surface area contributed by atoms with Crippen LogP contribution in [0.5, 0.6) is 0 Å². The van der Waals surface area contributed by atoms with E-state index in [1.165, 1.54) is 19.2 Å². The molecular weight excluding hydrogens is 1070 g/mol. The number of aromatic nitrogens is 6. The predicted octanol–water partition coefficient (Wildman–Crippen LogP) is 11.5. The molecule has 0 bridgehead atoms. The Morgan fingerprint density at radius 1 is 0.476 bits per heavy atom. The number of hydrogen-bond donors (Lipinski definition) is 7. The van der Waals surface area contributed by atoms with Gasteiger partial charge in [-0.15, -0.1) is 0 Å². The minimum absolute atomic E-state index is 0.140. The summed E-state index contributed by atoms with van der Waals surface area (Å²) in [6.07, 6.45) is 6.37. The van der Waals surface area contributed by atoms with Crippen LogP contribution in [0.1, 0.15) is 41.4 Å². The maximum Gasteiger partial charge on any atom is 0.337 e. The lowest BCUT2D eigenvalue weighted by Crippen LogP contribution is -2.21. The number of carboxylic acids is 3. The molecule has 13 rings (SSSR count). The molecule has 13 aromatic rings. The molecule has 19 heteroatoms. The van der Waals surface area contributed by atoms with Gasteiger partial charge in [-0.05, 0) is 97.7 Å². The van der Waals surface area contributed by atoms with Crippen LogP contribution in [0.15, 0.2) is 198 Å². The number of fused-ring (bicyclic) bond motifs is 12. The average molecular weight is 1120 g/mol. The number of nitrogens with zero attached hydrogens (tertiary/aromatic N) is 5. The molecule has 6 aromatic heterocycles. The van der Waals surface area contributed by atoms with Crippen LogP contribution in [0.25, 0.3) is 86.7 Å². The van der Waals surface area contributed by atoms with Crippen LogP contribution in [-0.2, 0) is 4.74 Å². The Kier molecular flexibility index (Phi) is 16.3. The Balaban J connectivity index is 0.000000126. The fraction of sp³-hybridized carbons (Fsp3) is 0.0769. The maximum absolute atomic E-state index is 11.9. The van der Waals surface area contributed by atoms with Crippen LogP contribution in [0.3, 0.4) is 0 Å². The monoisotopic (exact) mass is 1120 g/mol. The number of methoxy groups -OCH3 is 1. The lowest BCUT2D eigenvalue weighted by Gasteiger charge is -2.14. The topological polar surface area (TPSA) is 283 Å². The minimum Gasteiger partial charge on any atom is -0.478 e. The molecule has 0 aliphatic rings. The molecule has 0 aliphatic heterocycles. The average Bonchev–Trinajstić information content (AvgIpc) is 1.90. The van der Waals surface area contributed by atoms with Crippen LogP contribution in [0, 0.1) is 0 Å². The van der Waals surface area contributed by atoms with Crippen molar-refractivity contribution in [1.82, 2.24) is 34.8 Å². The molecule has 0 unspecified atom stereocenters. The summed E-state index contributed by atoms with van der Waals surface area (Å²) >= 11 is 0. The fourth-order valence-corrected chi connectivity index (χ4v) is 9.60. The zero-order chi connectivity index (χ0) is 59.0. The summed E-state index contributed by atoms with van der Waals surface area (Å²) in [6.45, 7) is 1.66. The SMILES string of the molecule is CN(C)CCNc1nc2cc(C(=O)O)ccc2c2ccccc12.COC(=O)c1ccc2c(c1)[nH]c(=O)c1ccncc12.O=C(O)c1ccc2c(c1)[nH]c(=O)c1ccncc12.O=C(O)c1ccc2c(c1)nc(Nc1ccccc1)c1ccccc12. The molecule has 84 heavy (non-hydrogen) atoms. The molecule has 0 aliphatic carbocycles. The van der Waals surface area contributed by atoms with Crippen LogP contribution < -0.4 is 21.8 Å². The second-order valence-corrected chi connectivity index (χ2v) is 19.4. The van der Waals surface area contributed by atoms with E-state index in [9.17, 15) is 39.0 Å². The number of likely N-dealkylation sites (N-methyl/N-ethyl adjacent to an activating group) is 1. The third-order valence-corrected chi connectivity index (χ3v) is 13.7. The van der Waals surface area contributed by atoms with E-state index in [0.29, 0.717) is 49.6 Å². The van der Waals surface area contributed by atoms with E-state index >= 15 is 0 Å². The van der Waals surface area contributed by atoms with Gasteiger partial charge >= 0.3 is 23.9 Å². The Bertz CT molecular complexity index is 4840. The highest BCUT2D eigenvalue weighted by atomic mass is 16.5. The second-order valence-electron chi connectivity index (χ2n) is 19.4. The summed E-state index contributed by atoms with van der Waals surface area (Å²) in [4.78, 5) is 93.5. The van der Waals surface area contributed by atoms with Gasteiger partial charge in [-0.2, -0.15) is 0 Å². The molecule has 7 aromatic carbocycles. The Morgan fingerprint density at radius 3 is 1.39 bits per heavy atom. The molecule has 6 heterocycles. The first kappa shape index (κ1) is 55.9. The summed E-state index contributed by atoms with van der Waals surface area (Å²) in [7, 11) is 5.36. The van der Waals surface area contributed by atoms with Crippen LogP contribution in [0.4, 0.5) is 17.3 Å². The van der Waals surface area contributed by atoms with Crippen molar-refractivity contribution in [1.29, 1.82) is 0 Å². The van der Waals surface area contributed by atoms with Gasteiger partial charge in [0.2, 0.25) is 0 Å². The number of pyridine rings is 6. The van der Waals surface area contributed by atoms with Crippen molar-refractivity contribution in [2.75, 3.05) is 44.9 Å². The first-order valence-electron chi connectivity index (χ1n) is 26.1. The number of para-hydroxylation sites is 1. The zero-order valence-electron chi connectivity index (χ0n) is 45.2. The zero-order valence-corrected chi connectivity index (χ0v) is 45.2. The molecule has 0 saturated heterocycles. The molecule has 7 N–H and O–H groups in total. The third-order valence-electron chi connectivity index (χ3n) is 13.7. The largest absolute Gasteiger partial charge is 0.478 e. The Morgan fingerprint density at radius 2 is 0.905 bits per heavy atom. The van der Waals surface area contributed by atoms with Crippen LogP contribution in [0.2, 0.25) is 0 Å². The van der Waals surface area contributed by atoms with E-state index in [2.05, 4.69) is 50.2 Å². The number of hydrogen-bond acceptors (Lipinski definition) is 14. The highest BCUT2D eigenvalue weighted by molar-refractivity contribution is 6.13. The number of aromatic amines is 2. The molecule has 0 radical (unpaired) electrons. The van der Waals surface area contributed by atoms with Gasteiger partial charge in [0.05, 0.1) is 51.2 Å². The maximum atomic E-state index is 11.9. The van der Waals surface area contributed by atoms with Gasteiger partial charge in [0, 0.05) is 97.7 Å². The van der Waals surface area contributed by atoms with Crippen molar-refractivity contribution in [3.05, 3.63) is 232 Å². The number of carboxylic acid groups (broad SMARTS) is 3. The van der Waals surface area contributed by atoms with E-state index in [4.69, 9.17) is 5.11 Å². The number of esters is 1. The highest BCUT2D eigenvalue weighted by Gasteiger charge is 2.15. The van der Waals surface area contributed by atoms with E-state index in [1.54, 1.807) is 85.5 Å². The van der Waals surface area contributed by atoms with Gasteiger partial charge in [0.25, 0.3) is 11.1 Å². The number of anilines is 3. The summed E-state index contributed by atoms with van der Waals surface area (Å²) in [5, 5.41) is 44.3. The first-order chi connectivity index (χ1) is 40.6. The lowest BCUT2D eigenvalue weighted by atomic mass is 10.0. The molecule has 416 valence electrons. The van der Waals surface area contributed by atoms with Crippen molar-refractivity contribution in [3.63, 3.8) is 0 Å². The summed E-state index contributed by atoms with van der Waals surface area (Å²) in [5.41, 5.74) is 3.95. The lowest BCUT2D eigenvalue weighted by molar-refractivity contribution is 0.0598. The van der Waals surface area contributed by atoms with Gasteiger partial charge in [-0.3, -0.25) is 19.6 Å². The van der Waals surface area contributed by atoms with Crippen molar-refractivity contribution in [3.8, 4) is 0 Å². The van der Waals surface area contributed by atoms with Crippen LogP contribution >= 0.6 is 0 Å². The summed E-state index contributed by atoms with van der Waals surface area (Å²) < 4.78 is 4.66. The van der Waals surface area contributed by atoms with E-state index in [-0.39, 0.29) is 27.8 Å². The minimum atomic E-state index is -1.02. The number of carbonyl (C=O) groups is 4. The second kappa shape index (κ2) is 24.5. The normalized spacial score (nSPS) is 11.0. The quantitative estimate of drug-likeness (QED) is 0.0495. The van der Waals surface area contributed by atoms with Crippen molar-refractivity contribution < 1.29 is 39.2 Å². The van der Waals surface area contributed by atoms with Crippen molar-refractivity contribution in [2.45, 2.75) is 0 Å². The molecule has 19 nitrogen and oxygen atoms in total. The molecule has 0 atom stereocenters. The Labute approximate surface area is 476 Å². The molecular formula is C65H51N9O10. The van der Waals surface area contributed by atoms with Gasteiger partial charge in [0.1, 0.15) is 11.6 Å². The summed E-state index contributed by atoms with van der Waals surface area (Å²) in [6, 6.07) is 48.9. The first-order valence-corrected chi connectivity index (χ1v) is 26.1. The third kappa shape index (κ3) is 12.0. The van der Waals surface area contributed by atoms with E-state index in [1.807, 2.05) is 105 Å². The summed E-state index contributed by atoms with van der Waals surface area (Å²) in [5.74, 6) is -1.85.